The van der Waals surface area contributed by atoms with Gasteiger partial charge >= 0.3 is 0 Å². The van der Waals surface area contributed by atoms with Crippen LogP contribution in [0.2, 0.25) is 0 Å². The predicted molar refractivity (Wildman–Crippen MR) is 70.1 cm³/mol. The Kier molecular flexibility index (Phi) is 5.82. The minimum absolute atomic E-state index is 0.106. The van der Waals surface area contributed by atoms with Crippen LogP contribution in [0.3, 0.4) is 0 Å². The van der Waals surface area contributed by atoms with Crippen LogP contribution in [-0.4, -0.2) is 30.3 Å². The summed E-state index contributed by atoms with van der Waals surface area (Å²) in [6.07, 6.45) is -0.563. The van der Waals surface area contributed by atoms with Crippen LogP contribution in [0.1, 0.15) is 31.9 Å². The van der Waals surface area contributed by atoms with Crippen molar-refractivity contribution in [2.45, 2.75) is 38.5 Å². The molecule has 18 heavy (non-hydrogen) atoms. The molecule has 1 amide bonds. The van der Waals surface area contributed by atoms with Gasteiger partial charge in [0.2, 0.25) is 5.91 Å². The average Bonchev–Trinajstić information content (AvgIpc) is 2.38. The van der Waals surface area contributed by atoms with Gasteiger partial charge in [-0.1, -0.05) is 30.3 Å². The topological polar surface area (TPSA) is 58.6 Å². The highest BCUT2D eigenvalue weighted by Gasteiger charge is 2.17. The number of hydrogen-bond donors (Lipinski definition) is 2. The molecule has 1 aromatic carbocycles. The van der Waals surface area contributed by atoms with Crippen LogP contribution in [0.4, 0.5) is 0 Å². The summed E-state index contributed by atoms with van der Waals surface area (Å²) in [5.74, 6) is -0.162. The molecule has 0 aliphatic carbocycles. The van der Waals surface area contributed by atoms with Gasteiger partial charge in [0.05, 0.1) is 6.10 Å². The third-order valence-corrected chi connectivity index (χ3v) is 2.87. The van der Waals surface area contributed by atoms with E-state index in [1.807, 2.05) is 37.3 Å². The van der Waals surface area contributed by atoms with Gasteiger partial charge in [-0.3, -0.25) is 4.79 Å². The fourth-order valence-electron chi connectivity index (χ4n) is 1.67. The van der Waals surface area contributed by atoms with E-state index in [-0.39, 0.29) is 11.9 Å². The average molecular weight is 251 g/mol. The van der Waals surface area contributed by atoms with E-state index in [0.29, 0.717) is 6.42 Å². The number of methoxy groups -OCH3 is 1. The molecule has 3 atom stereocenters. The number of ether oxygens (including phenoxy) is 1. The summed E-state index contributed by atoms with van der Waals surface area (Å²) >= 11 is 0. The van der Waals surface area contributed by atoms with Gasteiger partial charge in [-0.2, -0.15) is 0 Å². The van der Waals surface area contributed by atoms with Crippen LogP contribution in [-0.2, 0) is 9.53 Å². The number of aliphatic hydroxyl groups is 1. The molecule has 1 rings (SSSR count). The van der Waals surface area contributed by atoms with Crippen molar-refractivity contribution < 1.29 is 14.6 Å². The van der Waals surface area contributed by atoms with Crippen molar-refractivity contribution in [2.75, 3.05) is 7.11 Å². The first kappa shape index (κ1) is 14.7. The van der Waals surface area contributed by atoms with Crippen LogP contribution < -0.4 is 5.32 Å². The van der Waals surface area contributed by atoms with Crippen molar-refractivity contribution >= 4 is 5.91 Å². The molecule has 0 heterocycles. The Hall–Kier alpha value is -1.39. The predicted octanol–water partition coefficient (Wildman–Crippen LogP) is 1.65. The molecule has 0 saturated heterocycles. The van der Waals surface area contributed by atoms with Crippen molar-refractivity contribution in [2.24, 2.45) is 0 Å². The van der Waals surface area contributed by atoms with E-state index in [2.05, 4.69) is 5.32 Å². The molecule has 0 saturated carbocycles. The Bertz CT molecular complexity index is 367. The largest absolute Gasteiger partial charge is 0.388 e. The smallest absolute Gasteiger partial charge is 0.249 e. The standard InChI is InChI=1S/C14H21NO3/c1-10(15-14(17)11(2)18-3)9-13(16)12-7-5-4-6-8-12/h4-8,10-11,13,16H,9H2,1-3H3,(H,15,17). The van der Waals surface area contributed by atoms with Gasteiger partial charge in [0.1, 0.15) is 6.10 Å². The summed E-state index contributed by atoms with van der Waals surface area (Å²) in [4.78, 5) is 11.6. The van der Waals surface area contributed by atoms with Crippen molar-refractivity contribution in [3.05, 3.63) is 35.9 Å². The zero-order valence-electron chi connectivity index (χ0n) is 11.1. The molecule has 0 aliphatic heterocycles. The number of hydrogen-bond acceptors (Lipinski definition) is 3. The fraction of sp³-hybridized carbons (Fsp3) is 0.500. The van der Waals surface area contributed by atoms with E-state index in [1.54, 1.807) is 6.92 Å². The second-order valence-electron chi connectivity index (χ2n) is 4.45. The molecule has 0 aliphatic rings. The number of carbonyl (C=O) groups excluding carboxylic acids is 1. The van der Waals surface area contributed by atoms with Crippen molar-refractivity contribution in [3.8, 4) is 0 Å². The minimum atomic E-state index is -0.570. The molecule has 0 bridgehead atoms. The normalized spacial score (nSPS) is 15.8. The number of aliphatic hydroxyl groups excluding tert-OH is 1. The van der Waals surface area contributed by atoms with E-state index < -0.39 is 12.2 Å². The van der Waals surface area contributed by atoms with Crippen LogP contribution in [0.5, 0.6) is 0 Å². The summed E-state index contributed by atoms with van der Waals surface area (Å²) in [5.41, 5.74) is 0.860. The third-order valence-electron chi connectivity index (χ3n) is 2.87. The van der Waals surface area contributed by atoms with Crippen molar-refractivity contribution in [3.63, 3.8) is 0 Å². The van der Waals surface area contributed by atoms with Gasteiger partial charge in [-0.15, -0.1) is 0 Å². The fourth-order valence-corrected chi connectivity index (χ4v) is 1.67. The summed E-state index contributed by atoms with van der Waals surface area (Å²) < 4.78 is 4.93. The molecule has 2 N–H and O–H groups in total. The molecule has 4 nitrogen and oxygen atoms in total. The lowest BCUT2D eigenvalue weighted by Gasteiger charge is -2.19. The molecule has 100 valence electrons. The number of carbonyl (C=O) groups is 1. The van der Waals surface area contributed by atoms with Crippen LogP contribution in [0, 0.1) is 0 Å². The first-order chi connectivity index (χ1) is 8.54. The molecule has 0 aromatic heterocycles. The molecular weight excluding hydrogens is 230 g/mol. The number of benzene rings is 1. The van der Waals surface area contributed by atoms with Crippen LogP contribution >= 0.6 is 0 Å². The number of rotatable bonds is 6. The molecule has 0 fully saturated rings. The third kappa shape index (κ3) is 4.47. The van der Waals surface area contributed by atoms with Crippen LogP contribution in [0.15, 0.2) is 30.3 Å². The second-order valence-corrected chi connectivity index (χ2v) is 4.45. The Labute approximate surface area is 108 Å². The monoisotopic (exact) mass is 251 g/mol. The molecule has 1 aromatic rings. The molecule has 4 heteroatoms. The first-order valence-corrected chi connectivity index (χ1v) is 6.10. The Morgan fingerprint density at radius 2 is 1.94 bits per heavy atom. The maximum atomic E-state index is 11.6. The summed E-state index contributed by atoms with van der Waals surface area (Å²) in [6.45, 7) is 3.56. The summed E-state index contributed by atoms with van der Waals surface area (Å²) in [5, 5.41) is 12.8. The maximum Gasteiger partial charge on any atom is 0.249 e. The van der Waals surface area contributed by atoms with Crippen LogP contribution in [0.25, 0.3) is 0 Å². The van der Waals surface area contributed by atoms with Gasteiger partial charge in [0.25, 0.3) is 0 Å². The van der Waals surface area contributed by atoms with E-state index in [9.17, 15) is 9.90 Å². The van der Waals surface area contributed by atoms with E-state index in [4.69, 9.17) is 4.74 Å². The van der Waals surface area contributed by atoms with Gasteiger partial charge in [0, 0.05) is 13.2 Å². The van der Waals surface area contributed by atoms with Gasteiger partial charge in [0.15, 0.2) is 0 Å². The van der Waals surface area contributed by atoms with E-state index in [1.165, 1.54) is 7.11 Å². The zero-order valence-corrected chi connectivity index (χ0v) is 11.1. The lowest BCUT2D eigenvalue weighted by molar-refractivity contribution is -0.130. The zero-order chi connectivity index (χ0) is 13.5. The highest BCUT2D eigenvalue weighted by atomic mass is 16.5. The first-order valence-electron chi connectivity index (χ1n) is 6.10. The molecule has 0 radical (unpaired) electrons. The number of amides is 1. The Balaban J connectivity index is 2.45. The van der Waals surface area contributed by atoms with E-state index >= 15 is 0 Å². The molecule has 3 unspecified atom stereocenters. The molecular formula is C14H21NO3. The Morgan fingerprint density at radius 1 is 1.33 bits per heavy atom. The molecule has 0 spiro atoms. The van der Waals surface area contributed by atoms with Gasteiger partial charge < -0.3 is 15.2 Å². The highest BCUT2D eigenvalue weighted by molar-refractivity contribution is 5.80. The summed E-state index contributed by atoms with van der Waals surface area (Å²) in [6, 6.07) is 9.31. The number of nitrogens with one attached hydrogen (secondary N) is 1. The Morgan fingerprint density at radius 3 is 2.50 bits per heavy atom. The lowest BCUT2D eigenvalue weighted by Crippen LogP contribution is -2.40. The minimum Gasteiger partial charge on any atom is -0.388 e. The highest BCUT2D eigenvalue weighted by Crippen LogP contribution is 2.17. The summed E-state index contributed by atoms with van der Waals surface area (Å²) in [7, 11) is 1.49. The van der Waals surface area contributed by atoms with Gasteiger partial charge in [-0.05, 0) is 25.8 Å². The van der Waals surface area contributed by atoms with Crippen molar-refractivity contribution in [1.82, 2.24) is 5.32 Å². The van der Waals surface area contributed by atoms with E-state index in [0.717, 1.165) is 5.56 Å². The second kappa shape index (κ2) is 7.13. The quantitative estimate of drug-likeness (QED) is 0.808. The van der Waals surface area contributed by atoms with Gasteiger partial charge in [-0.25, -0.2) is 0 Å². The lowest BCUT2D eigenvalue weighted by atomic mass is 10.0. The van der Waals surface area contributed by atoms with Crippen molar-refractivity contribution in [1.29, 1.82) is 0 Å². The SMILES string of the molecule is COC(C)C(=O)NC(C)CC(O)c1ccccc1. The maximum absolute atomic E-state index is 11.6.